The number of carbonyl (C=O) groups is 1. The molecule has 0 saturated carbocycles. The van der Waals surface area contributed by atoms with Crippen LogP contribution in [-0.2, 0) is 22.4 Å². The molecule has 5 nitrogen and oxygen atoms in total. The largest absolute Gasteiger partial charge is 0.496 e. The van der Waals surface area contributed by atoms with Crippen LogP contribution in [0.1, 0.15) is 36.1 Å². The summed E-state index contributed by atoms with van der Waals surface area (Å²) >= 11 is 0. The first kappa shape index (κ1) is 14.7. The third-order valence-corrected chi connectivity index (χ3v) is 3.57. The topological polar surface area (TPSA) is 65.0 Å². The molecule has 1 aromatic rings. The second-order valence-corrected chi connectivity index (χ2v) is 4.67. The molecule has 0 saturated heterocycles. The van der Waals surface area contributed by atoms with E-state index in [2.05, 4.69) is 0 Å². The zero-order valence-electron chi connectivity index (χ0n) is 12.1. The molecule has 0 amide bonds. The van der Waals surface area contributed by atoms with Crippen molar-refractivity contribution in [3.8, 4) is 11.5 Å². The fourth-order valence-corrected chi connectivity index (χ4v) is 2.71. The predicted molar refractivity (Wildman–Crippen MR) is 73.2 cm³/mol. The van der Waals surface area contributed by atoms with Crippen LogP contribution in [0.15, 0.2) is 6.07 Å². The molecule has 0 radical (unpaired) electrons. The van der Waals surface area contributed by atoms with Gasteiger partial charge in [0.15, 0.2) is 6.10 Å². The SMILES string of the molecule is CCOC(=O)C(O)c1cc(OC)c2c(c1OC)CCC2. The maximum atomic E-state index is 11.7. The van der Waals surface area contributed by atoms with Gasteiger partial charge in [-0.1, -0.05) is 0 Å². The van der Waals surface area contributed by atoms with Crippen LogP contribution in [0, 0.1) is 0 Å². The van der Waals surface area contributed by atoms with Gasteiger partial charge in [0.05, 0.1) is 20.8 Å². The van der Waals surface area contributed by atoms with E-state index in [4.69, 9.17) is 14.2 Å². The van der Waals surface area contributed by atoms with Gasteiger partial charge in [-0.15, -0.1) is 0 Å². The first-order valence-corrected chi connectivity index (χ1v) is 6.75. The summed E-state index contributed by atoms with van der Waals surface area (Å²) in [6.07, 6.45) is 1.44. The Morgan fingerprint density at radius 3 is 2.60 bits per heavy atom. The first-order chi connectivity index (χ1) is 9.63. The van der Waals surface area contributed by atoms with Crippen LogP contribution in [0.2, 0.25) is 0 Å². The van der Waals surface area contributed by atoms with Gasteiger partial charge < -0.3 is 19.3 Å². The summed E-state index contributed by atoms with van der Waals surface area (Å²) in [7, 11) is 3.13. The number of benzene rings is 1. The molecule has 0 bridgehead atoms. The van der Waals surface area contributed by atoms with Gasteiger partial charge in [0.1, 0.15) is 11.5 Å². The molecule has 20 heavy (non-hydrogen) atoms. The quantitative estimate of drug-likeness (QED) is 0.833. The minimum Gasteiger partial charge on any atom is -0.496 e. The predicted octanol–water partition coefficient (Wildman–Crippen LogP) is 1.79. The third kappa shape index (κ3) is 2.45. The van der Waals surface area contributed by atoms with Crippen LogP contribution >= 0.6 is 0 Å². The molecule has 5 heteroatoms. The van der Waals surface area contributed by atoms with Gasteiger partial charge >= 0.3 is 5.97 Å². The Labute approximate surface area is 118 Å². The fourth-order valence-electron chi connectivity index (χ4n) is 2.71. The maximum Gasteiger partial charge on any atom is 0.339 e. The summed E-state index contributed by atoms with van der Waals surface area (Å²) in [5.41, 5.74) is 2.53. The zero-order valence-corrected chi connectivity index (χ0v) is 12.1. The molecule has 0 fully saturated rings. The number of carbonyl (C=O) groups excluding carboxylic acids is 1. The summed E-state index contributed by atoms with van der Waals surface area (Å²) in [6.45, 7) is 1.92. The minimum atomic E-state index is -1.36. The summed E-state index contributed by atoms with van der Waals surface area (Å²) < 4.78 is 15.6. The van der Waals surface area contributed by atoms with Crippen molar-refractivity contribution in [3.05, 3.63) is 22.8 Å². The van der Waals surface area contributed by atoms with E-state index in [0.717, 1.165) is 30.4 Å². The van der Waals surface area contributed by atoms with Crippen molar-refractivity contribution in [3.63, 3.8) is 0 Å². The average Bonchev–Trinajstić information content (AvgIpc) is 2.94. The van der Waals surface area contributed by atoms with Crippen LogP contribution in [0.25, 0.3) is 0 Å². The number of rotatable bonds is 5. The highest BCUT2D eigenvalue weighted by Gasteiger charge is 2.29. The molecular weight excluding hydrogens is 260 g/mol. The number of fused-ring (bicyclic) bond motifs is 1. The normalized spacial score (nSPS) is 14.6. The van der Waals surface area contributed by atoms with Gasteiger partial charge in [-0.25, -0.2) is 4.79 Å². The minimum absolute atomic E-state index is 0.223. The molecule has 1 aliphatic carbocycles. The molecule has 2 rings (SSSR count). The Bertz CT molecular complexity index is 509. The maximum absolute atomic E-state index is 11.7. The molecule has 1 atom stereocenters. The van der Waals surface area contributed by atoms with Crippen molar-refractivity contribution in [1.29, 1.82) is 0 Å². The Kier molecular flexibility index (Phi) is 4.49. The Morgan fingerprint density at radius 2 is 2.00 bits per heavy atom. The fraction of sp³-hybridized carbons (Fsp3) is 0.533. The van der Waals surface area contributed by atoms with Crippen LogP contribution in [-0.4, -0.2) is 31.9 Å². The van der Waals surface area contributed by atoms with E-state index in [1.807, 2.05) is 0 Å². The molecule has 1 unspecified atom stereocenters. The van der Waals surface area contributed by atoms with Crippen LogP contribution in [0.4, 0.5) is 0 Å². The van der Waals surface area contributed by atoms with E-state index in [1.54, 1.807) is 27.2 Å². The van der Waals surface area contributed by atoms with E-state index in [9.17, 15) is 9.90 Å². The second-order valence-electron chi connectivity index (χ2n) is 4.67. The highest BCUT2D eigenvalue weighted by molar-refractivity contribution is 5.78. The molecular formula is C15H20O5. The van der Waals surface area contributed by atoms with Gasteiger partial charge in [0.25, 0.3) is 0 Å². The van der Waals surface area contributed by atoms with Gasteiger partial charge in [0.2, 0.25) is 0 Å². The molecule has 0 heterocycles. The van der Waals surface area contributed by atoms with Gasteiger partial charge in [-0.2, -0.15) is 0 Å². The molecule has 1 aromatic carbocycles. The van der Waals surface area contributed by atoms with Crippen molar-refractivity contribution >= 4 is 5.97 Å². The number of aliphatic hydroxyl groups is 1. The van der Waals surface area contributed by atoms with Crippen molar-refractivity contribution < 1.29 is 24.1 Å². The number of aliphatic hydroxyl groups excluding tert-OH is 1. The lowest BCUT2D eigenvalue weighted by Gasteiger charge is -2.19. The molecule has 0 aliphatic heterocycles. The van der Waals surface area contributed by atoms with E-state index < -0.39 is 12.1 Å². The zero-order chi connectivity index (χ0) is 14.7. The van der Waals surface area contributed by atoms with E-state index >= 15 is 0 Å². The Hall–Kier alpha value is -1.75. The van der Waals surface area contributed by atoms with E-state index in [-0.39, 0.29) is 6.61 Å². The summed E-state index contributed by atoms with van der Waals surface area (Å²) in [6, 6.07) is 1.67. The van der Waals surface area contributed by atoms with Crippen LogP contribution in [0.5, 0.6) is 11.5 Å². The third-order valence-electron chi connectivity index (χ3n) is 3.57. The Balaban J connectivity index is 2.49. The summed E-state index contributed by atoms with van der Waals surface area (Å²) in [5, 5.41) is 10.2. The van der Waals surface area contributed by atoms with Crippen molar-refractivity contribution in [2.45, 2.75) is 32.3 Å². The van der Waals surface area contributed by atoms with Crippen molar-refractivity contribution in [1.82, 2.24) is 0 Å². The molecule has 0 aromatic heterocycles. The number of hydrogen-bond acceptors (Lipinski definition) is 5. The molecule has 1 N–H and O–H groups in total. The van der Waals surface area contributed by atoms with E-state index in [0.29, 0.717) is 17.1 Å². The summed E-state index contributed by atoms with van der Waals surface area (Å²) in [5.74, 6) is 0.585. The molecule has 110 valence electrons. The number of methoxy groups -OCH3 is 2. The lowest BCUT2D eigenvalue weighted by molar-refractivity contribution is -0.153. The smallest absolute Gasteiger partial charge is 0.339 e. The monoisotopic (exact) mass is 280 g/mol. The standard InChI is InChI=1S/C15H20O5/c1-4-20-15(17)13(16)11-8-12(18-2)9-6-5-7-10(9)14(11)19-3/h8,13,16H,4-7H2,1-3H3. The van der Waals surface area contributed by atoms with Crippen LogP contribution in [0.3, 0.4) is 0 Å². The van der Waals surface area contributed by atoms with Crippen molar-refractivity contribution in [2.24, 2.45) is 0 Å². The number of ether oxygens (including phenoxy) is 3. The Morgan fingerprint density at radius 1 is 1.30 bits per heavy atom. The molecule has 1 aliphatic rings. The highest BCUT2D eigenvalue weighted by atomic mass is 16.5. The van der Waals surface area contributed by atoms with Gasteiger partial charge in [-0.3, -0.25) is 0 Å². The summed E-state index contributed by atoms with van der Waals surface area (Å²) in [4.78, 5) is 11.7. The first-order valence-electron chi connectivity index (χ1n) is 6.75. The van der Waals surface area contributed by atoms with Gasteiger partial charge in [0, 0.05) is 16.7 Å². The second kappa shape index (κ2) is 6.13. The van der Waals surface area contributed by atoms with Crippen molar-refractivity contribution in [2.75, 3.05) is 20.8 Å². The molecule has 0 spiro atoms. The number of hydrogen-bond donors (Lipinski definition) is 1. The average molecular weight is 280 g/mol. The lowest BCUT2D eigenvalue weighted by Crippen LogP contribution is -2.17. The highest BCUT2D eigenvalue weighted by Crippen LogP contribution is 2.42. The van der Waals surface area contributed by atoms with E-state index in [1.165, 1.54) is 0 Å². The van der Waals surface area contributed by atoms with Gasteiger partial charge in [-0.05, 0) is 32.3 Å². The lowest BCUT2D eigenvalue weighted by atomic mass is 9.99. The number of esters is 1. The van der Waals surface area contributed by atoms with Crippen LogP contribution < -0.4 is 9.47 Å².